The van der Waals surface area contributed by atoms with Crippen LogP contribution in [-0.4, -0.2) is 24.3 Å². The van der Waals surface area contributed by atoms with Crippen LogP contribution in [0.25, 0.3) is 10.9 Å². The van der Waals surface area contributed by atoms with Crippen molar-refractivity contribution in [2.45, 2.75) is 36.2 Å². The minimum Gasteiger partial charge on any atom is -0.467 e. The Bertz CT molecular complexity index is 1190. The summed E-state index contributed by atoms with van der Waals surface area (Å²) in [6.45, 7) is 0.609. The van der Waals surface area contributed by atoms with Crippen molar-refractivity contribution in [2.24, 2.45) is 7.05 Å². The predicted molar refractivity (Wildman–Crippen MR) is 106 cm³/mol. The van der Waals surface area contributed by atoms with Crippen LogP contribution in [0, 0.1) is 0 Å². The van der Waals surface area contributed by atoms with E-state index in [0.717, 1.165) is 35.1 Å². The molecule has 0 amide bonds. The minimum absolute atomic E-state index is 0.0306. The fraction of sp³-hybridized carbons (Fsp3) is 0.300. The van der Waals surface area contributed by atoms with Gasteiger partial charge in [-0.3, -0.25) is 13.9 Å². The Kier molecular flexibility index (Phi) is 4.27. The Morgan fingerprint density at radius 3 is 2.82 bits per heavy atom. The van der Waals surface area contributed by atoms with Gasteiger partial charge in [-0.1, -0.05) is 23.9 Å². The first-order valence-electron chi connectivity index (χ1n) is 9.23. The van der Waals surface area contributed by atoms with Gasteiger partial charge in [0.15, 0.2) is 5.16 Å². The zero-order valence-corrected chi connectivity index (χ0v) is 16.2. The maximum absolute atomic E-state index is 12.6. The molecule has 8 heteroatoms. The van der Waals surface area contributed by atoms with Crippen LogP contribution >= 0.6 is 11.8 Å². The zero-order valence-electron chi connectivity index (χ0n) is 15.4. The predicted octanol–water partition coefficient (Wildman–Crippen LogP) is 3.34. The molecular formula is C20H19N5O2S. The van der Waals surface area contributed by atoms with Gasteiger partial charge in [0.1, 0.15) is 17.4 Å². The van der Waals surface area contributed by atoms with Crippen LogP contribution in [0.2, 0.25) is 0 Å². The second-order valence-electron chi connectivity index (χ2n) is 6.98. The van der Waals surface area contributed by atoms with Crippen molar-refractivity contribution in [2.75, 3.05) is 0 Å². The molecule has 0 N–H and O–H groups in total. The van der Waals surface area contributed by atoms with Crippen LogP contribution in [0.4, 0.5) is 0 Å². The number of para-hydroxylation sites is 1. The Morgan fingerprint density at radius 1 is 1.18 bits per heavy atom. The van der Waals surface area contributed by atoms with Crippen molar-refractivity contribution < 1.29 is 4.42 Å². The van der Waals surface area contributed by atoms with Gasteiger partial charge < -0.3 is 4.42 Å². The summed E-state index contributed by atoms with van der Waals surface area (Å²) in [5.41, 5.74) is 0.689. The molecule has 0 atom stereocenters. The molecule has 1 fully saturated rings. The van der Waals surface area contributed by atoms with E-state index in [1.165, 1.54) is 0 Å². The lowest BCUT2D eigenvalue weighted by Gasteiger charge is -2.10. The summed E-state index contributed by atoms with van der Waals surface area (Å²) < 4.78 is 9.26. The number of furan rings is 1. The van der Waals surface area contributed by atoms with E-state index in [4.69, 9.17) is 4.42 Å². The molecule has 0 aliphatic heterocycles. The lowest BCUT2D eigenvalue weighted by Crippen LogP contribution is -2.22. The molecule has 1 aliphatic carbocycles. The third-order valence-corrected chi connectivity index (χ3v) is 5.95. The van der Waals surface area contributed by atoms with Crippen molar-refractivity contribution in [1.82, 2.24) is 24.3 Å². The number of nitrogens with zero attached hydrogens (tertiary/aromatic N) is 5. The lowest BCUT2D eigenvalue weighted by atomic mass is 10.2. The highest BCUT2D eigenvalue weighted by atomic mass is 32.2. The Morgan fingerprint density at radius 2 is 2.04 bits per heavy atom. The first kappa shape index (κ1) is 17.2. The monoisotopic (exact) mass is 393 g/mol. The molecule has 7 nitrogen and oxygen atoms in total. The van der Waals surface area contributed by atoms with Gasteiger partial charge in [0, 0.05) is 13.0 Å². The van der Waals surface area contributed by atoms with Crippen LogP contribution < -0.4 is 5.56 Å². The number of aromatic nitrogens is 5. The molecule has 1 aliphatic rings. The molecule has 0 radical (unpaired) electrons. The van der Waals surface area contributed by atoms with Gasteiger partial charge in [-0.15, -0.1) is 10.2 Å². The van der Waals surface area contributed by atoms with E-state index in [1.54, 1.807) is 29.6 Å². The fourth-order valence-electron chi connectivity index (χ4n) is 3.28. The molecule has 0 spiro atoms. The maximum Gasteiger partial charge on any atom is 0.261 e. The van der Waals surface area contributed by atoms with Crippen molar-refractivity contribution in [3.8, 4) is 0 Å². The van der Waals surface area contributed by atoms with Crippen molar-refractivity contribution >= 4 is 22.7 Å². The molecular weight excluding hydrogens is 374 g/mol. The summed E-state index contributed by atoms with van der Waals surface area (Å²) in [4.78, 5) is 17.3. The number of hydrogen-bond donors (Lipinski definition) is 0. The third kappa shape index (κ3) is 3.13. The molecule has 0 saturated heterocycles. The third-order valence-electron chi connectivity index (χ3n) is 4.99. The summed E-state index contributed by atoms with van der Waals surface area (Å²) >= 11 is 1.54. The van der Waals surface area contributed by atoms with Crippen LogP contribution in [0.15, 0.2) is 57.0 Å². The van der Waals surface area contributed by atoms with Crippen LogP contribution in [0.5, 0.6) is 0 Å². The fourth-order valence-corrected chi connectivity index (χ4v) is 4.21. The van der Waals surface area contributed by atoms with E-state index >= 15 is 0 Å². The van der Waals surface area contributed by atoms with Crippen molar-refractivity contribution in [1.29, 1.82) is 0 Å². The molecule has 0 bridgehead atoms. The largest absolute Gasteiger partial charge is 0.467 e. The molecule has 28 heavy (non-hydrogen) atoms. The molecule has 4 aromatic rings. The smallest absolute Gasteiger partial charge is 0.261 e. The number of fused-ring (bicyclic) bond motifs is 1. The van der Waals surface area contributed by atoms with Crippen molar-refractivity contribution in [3.05, 3.63) is 70.4 Å². The highest BCUT2D eigenvalue weighted by molar-refractivity contribution is 7.98. The highest BCUT2D eigenvalue weighted by Gasteiger charge is 2.30. The topological polar surface area (TPSA) is 78.7 Å². The number of benzene rings is 1. The number of thioether (sulfide) groups is 1. The normalized spacial score (nSPS) is 14.0. The first-order chi connectivity index (χ1) is 13.7. The lowest BCUT2D eigenvalue weighted by molar-refractivity contribution is 0.478. The summed E-state index contributed by atoms with van der Waals surface area (Å²) in [5, 5.41) is 10.3. The van der Waals surface area contributed by atoms with E-state index in [2.05, 4.69) is 19.7 Å². The minimum atomic E-state index is -0.0306. The zero-order chi connectivity index (χ0) is 19.1. The summed E-state index contributed by atoms with van der Waals surface area (Å²) in [7, 11) is 1.76. The average molecular weight is 393 g/mol. The van der Waals surface area contributed by atoms with Gasteiger partial charge in [-0.25, -0.2) is 4.98 Å². The maximum atomic E-state index is 12.6. The Balaban J connectivity index is 1.45. The van der Waals surface area contributed by atoms with Gasteiger partial charge in [0.25, 0.3) is 5.56 Å². The van der Waals surface area contributed by atoms with E-state index in [-0.39, 0.29) is 5.56 Å². The first-order valence-corrected chi connectivity index (χ1v) is 10.2. The van der Waals surface area contributed by atoms with Crippen LogP contribution in [0.1, 0.15) is 36.2 Å². The molecule has 0 unspecified atom stereocenters. The SMILES string of the molecule is Cn1c(CSc2nnc(C3CC3)n2Cc2ccco2)nc2ccccc2c1=O. The van der Waals surface area contributed by atoms with Gasteiger partial charge in [-0.05, 0) is 37.1 Å². The Hall–Kier alpha value is -2.87. The van der Waals surface area contributed by atoms with Crippen molar-refractivity contribution in [3.63, 3.8) is 0 Å². The highest BCUT2D eigenvalue weighted by Crippen LogP contribution is 2.40. The molecule has 5 rings (SSSR count). The molecule has 1 saturated carbocycles. The Labute approximate surface area is 165 Å². The number of rotatable bonds is 6. The summed E-state index contributed by atoms with van der Waals surface area (Å²) in [5.74, 6) is 3.63. The van der Waals surface area contributed by atoms with E-state index in [0.29, 0.717) is 29.4 Å². The molecule has 142 valence electrons. The van der Waals surface area contributed by atoms with Crippen LogP contribution in [-0.2, 0) is 19.3 Å². The molecule has 3 aromatic heterocycles. The van der Waals surface area contributed by atoms with E-state index in [9.17, 15) is 4.79 Å². The second-order valence-corrected chi connectivity index (χ2v) is 7.92. The van der Waals surface area contributed by atoms with E-state index < -0.39 is 0 Å². The van der Waals surface area contributed by atoms with Gasteiger partial charge >= 0.3 is 0 Å². The second kappa shape index (κ2) is 6.94. The van der Waals surface area contributed by atoms with E-state index in [1.807, 2.05) is 36.4 Å². The standard InChI is InChI=1S/C20H19N5O2S/c1-24-17(21-16-7-3-2-6-15(16)19(24)26)12-28-20-23-22-18(13-8-9-13)25(20)11-14-5-4-10-27-14/h2-7,10,13H,8-9,11-12H2,1H3. The molecule has 1 aromatic carbocycles. The summed E-state index contributed by atoms with van der Waals surface area (Å²) in [6.07, 6.45) is 3.99. The quantitative estimate of drug-likeness (QED) is 0.468. The van der Waals surface area contributed by atoms with Gasteiger partial charge in [-0.2, -0.15) is 0 Å². The number of hydrogen-bond acceptors (Lipinski definition) is 6. The molecule has 3 heterocycles. The van der Waals surface area contributed by atoms with Gasteiger partial charge in [0.05, 0.1) is 29.5 Å². The van der Waals surface area contributed by atoms with Crippen LogP contribution in [0.3, 0.4) is 0 Å². The average Bonchev–Trinajstić information content (AvgIpc) is 3.28. The summed E-state index contributed by atoms with van der Waals surface area (Å²) in [6, 6.07) is 11.3. The van der Waals surface area contributed by atoms with Gasteiger partial charge in [0.2, 0.25) is 0 Å².